The van der Waals surface area contributed by atoms with E-state index in [2.05, 4.69) is 4.74 Å². The topological polar surface area (TPSA) is 46.5 Å². The maximum absolute atomic E-state index is 12.6. The van der Waals surface area contributed by atoms with E-state index in [0.717, 1.165) is 7.11 Å². The number of halogens is 6. The number of alkyl halides is 6. The lowest BCUT2D eigenvalue weighted by Crippen LogP contribution is -2.19. The minimum Gasteiger partial charge on any atom is -0.481 e. The first kappa shape index (κ1) is 17.3. The molecule has 1 rings (SSSR count). The summed E-state index contributed by atoms with van der Waals surface area (Å²) in [6, 6.07) is 0.704. The van der Waals surface area contributed by atoms with Gasteiger partial charge in [0.15, 0.2) is 0 Å². The van der Waals surface area contributed by atoms with Crippen molar-refractivity contribution in [2.45, 2.75) is 18.3 Å². The van der Waals surface area contributed by atoms with Crippen LogP contribution in [0.5, 0.6) is 0 Å². The molecule has 0 radical (unpaired) electrons. The fraction of sp³-hybridized carbons (Fsp3) is 0.417. The molecule has 1 atom stereocenters. The van der Waals surface area contributed by atoms with Gasteiger partial charge in [-0.2, -0.15) is 26.3 Å². The molecule has 1 aromatic rings. The van der Waals surface area contributed by atoms with Crippen molar-refractivity contribution >= 4 is 5.97 Å². The van der Waals surface area contributed by atoms with Crippen LogP contribution in [0.1, 0.15) is 22.6 Å². The third kappa shape index (κ3) is 4.35. The standard InChI is InChI=1S/C12H10F6O3/c1-21-5-9(10(19)20)6-2-7(11(13,14)15)4-8(3-6)12(16,17)18/h2-4,9H,5H2,1H3,(H,19,20)/t9-/m1/s1. The average molecular weight is 316 g/mol. The Hall–Kier alpha value is -1.77. The third-order valence-corrected chi connectivity index (χ3v) is 2.64. The highest BCUT2D eigenvalue weighted by molar-refractivity contribution is 5.76. The van der Waals surface area contributed by atoms with Crippen LogP contribution in [-0.2, 0) is 21.9 Å². The Morgan fingerprint density at radius 3 is 1.81 bits per heavy atom. The molecular formula is C12H10F6O3. The molecule has 0 bridgehead atoms. The normalized spacial score (nSPS) is 14.0. The first-order valence-electron chi connectivity index (χ1n) is 5.48. The van der Waals surface area contributed by atoms with E-state index in [0.29, 0.717) is 12.1 Å². The van der Waals surface area contributed by atoms with Gasteiger partial charge in [-0.15, -0.1) is 0 Å². The maximum atomic E-state index is 12.6. The summed E-state index contributed by atoms with van der Waals surface area (Å²) in [6.45, 7) is -0.548. The van der Waals surface area contributed by atoms with Gasteiger partial charge in [-0.25, -0.2) is 0 Å². The zero-order valence-electron chi connectivity index (χ0n) is 10.5. The minimum absolute atomic E-state index is 0.0603. The average Bonchev–Trinajstić information content (AvgIpc) is 2.32. The first-order valence-corrected chi connectivity index (χ1v) is 5.48. The van der Waals surface area contributed by atoms with E-state index in [1.54, 1.807) is 0 Å². The highest BCUT2D eigenvalue weighted by atomic mass is 19.4. The van der Waals surface area contributed by atoms with Gasteiger partial charge in [-0.1, -0.05) is 0 Å². The van der Waals surface area contributed by atoms with E-state index >= 15 is 0 Å². The SMILES string of the molecule is COC[C@@H](C(=O)O)c1cc(C(F)(F)F)cc(C(F)(F)F)c1. The second-order valence-corrected chi connectivity index (χ2v) is 4.19. The molecule has 3 nitrogen and oxygen atoms in total. The molecule has 0 aliphatic rings. The molecule has 0 aromatic heterocycles. The number of hydrogen-bond acceptors (Lipinski definition) is 2. The molecule has 0 fully saturated rings. The molecule has 118 valence electrons. The number of carboxylic acids is 1. The van der Waals surface area contributed by atoms with Crippen LogP contribution >= 0.6 is 0 Å². The van der Waals surface area contributed by atoms with Gasteiger partial charge >= 0.3 is 18.3 Å². The van der Waals surface area contributed by atoms with Crippen LogP contribution in [-0.4, -0.2) is 24.8 Å². The Morgan fingerprint density at radius 2 is 1.52 bits per heavy atom. The predicted octanol–water partition coefficient (Wildman–Crippen LogP) is 3.54. The number of benzene rings is 1. The van der Waals surface area contributed by atoms with E-state index in [9.17, 15) is 31.1 Å². The van der Waals surface area contributed by atoms with Crippen molar-refractivity contribution in [2.24, 2.45) is 0 Å². The van der Waals surface area contributed by atoms with Crippen molar-refractivity contribution in [3.05, 3.63) is 34.9 Å². The third-order valence-electron chi connectivity index (χ3n) is 2.64. The lowest BCUT2D eigenvalue weighted by molar-refractivity contribution is -0.144. The van der Waals surface area contributed by atoms with E-state index in [1.807, 2.05) is 0 Å². The van der Waals surface area contributed by atoms with Gasteiger partial charge in [0.05, 0.1) is 17.7 Å². The monoisotopic (exact) mass is 316 g/mol. The first-order chi connectivity index (χ1) is 9.46. The van der Waals surface area contributed by atoms with Crippen molar-refractivity contribution < 1.29 is 41.0 Å². The number of hydrogen-bond donors (Lipinski definition) is 1. The summed E-state index contributed by atoms with van der Waals surface area (Å²) in [7, 11) is 1.09. The fourth-order valence-corrected chi connectivity index (χ4v) is 1.66. The van der Waals surface area contributed by atoms with E-state index < -0.39 is 47.5 Å². The number of methoxy groups -OCH3 is 1. The zero-order valence-corrected chi connectivity index (χ0v) is 10.5. The second-order valence-electron chi connectivity index (χ2n) is 4.19. The van der Waals surface area contributed by atoms with Gasteiger partial charge < -0.3 is 9.84 Å². The molecule has 1 aromatic carbocycles. The van der Waals surface area contributed by atoms with E-state index in [-0.39, 0.29) is 6.07 Å². The smallest absolute Gasteiger partial charge is 0.416 e. The quantitative estimate of drug-likeness (QED) is 0.864. The minimum atomic E-state index is -5.02. The predicted molar refractivity (Wildman–Crippen MR) is 58.7 cm³/mol. The number of carbonyl (C=O) groups is 1. The van der Waals surface area contributed by atoms with Gasteiger partial charge in [0.1, 0.15) is 5.92 Å². The number of ether oxygens (including phenoxy) is 1. The van der Waals surface area contributed by atoms with Crippen LogP contribution in [0.3, 0.4) is 0 Å². The molecule has 21 heavy (non-hydrogen) atoms. The van der Waals surface area contributed by atoms with E-state index in [1.165, 1.54) is 0 Å². The Labute approximate surface area is 115 Å². The van der Waals surface area contributed by atoms with Gasteiger partial charge in [-0.3, -0.25) is 4.79 Å². The number of rotatable bonds is 4. The molecule has 9 heteroatoms. The Bertz CT molecular complexity index is 488. The molecule has 0 spiro atoms. The van der Waals surface area contributed by atoms with E-state index in [4.69, 9.17) is 5.11 Å². The maximum Gasteiger partial charge on any atom is 0.416 e. The molecule has 0 saturated carbocycles. The molecule has 0 amide bonds. The molecule has 0 heterocycles. The summed E-state index contributed by atoms with van der Waals surface area (Å²) in [6.07, 6.45) is -10.0. The van der Waals surface area contributed by atoms with Gasteiger partial charge in [0, 0.05) is 7.11 Å². The summed E-state index contributed by atoms with van der Waals surface area (Å²) in [5.41, 5.74) is -3.74. The van der Waals surface area contributed by atoms with Crippen molar-refractivity contribution in [3.63, 3.8) is 0 Å². The summed E-state index contributed by atoms with van der Waals surface area (Å²) in [5.74, 6) is -3.21. The highest BCUT2D eigenvalue weighted by Gasteiger charge is 2.38. The summed E-state index contributed by atoms with van der Waals surface area (Å²) in [4.78, 5) is 11.0. The lowest BCUT2D eigenvalue weighted by atomic mass is 9.95. The van der Waals surface area contributed by atoms with Crippen LogP contribution in [0.25, 0.3) is 0 Å². The number of carboxylic acid groups (broad SMARTS) is 1. The van der Waals surface area contributed by atoms with Crippen LogP contribution in [0, 0.1) is 0 Å². The molecule has 0 aliphatic carbocycles. The molecule has 0 saturated heterocycles. The molecule has 1 N–H and O–H groups in total. The van der Waals surface area contributed by atoms with Crippen molar-refractivity contribution in [1.29, 1.82) is 0 Å². The lowest BCUT2D eigenvalue weighted by Gasteiger charge is -2.17. The Kier molecular flexibility index (Phi) is 4.87. The summed E-state index contributed by atoms with van der Waals surface area (Å²) >= 11 is 0. The summed E-state index contributed by atoms with van der Waals surface area (Å²) < 4.78 is 80.4. The van der Waals surface area contributed by atoms with Crippen molar-refractivity contribution in [2.75, 3.05) is 13.7 Å². The largest absolute Gasteiger partial charge is 0.481 e. The Balaban J connectivity index is 3.47. The zero-order chi connectivity index (χ0) is 16.4. The second kappa shape index (κ2) is 5.92. The van der Waals surface area contributed by atoms with Crippen LogP contribution < -0.4 is 0 Å². The summed E-state index contributed by atoms with van der Waals surface area (Å²) in [5, 5.41) is 8.90. The van der Waals surface area contributed by atoms with Crippen molar-refractivity contribution in [1.82, 2.24) is 0 Å². The fourth-order valence-electron chi connectivity index (χ4n) is 1.66. The van der Waals surface area contributed by atoms with Gasteiger partial charge in [-0.05, 0) is 23.8 Å². The Morgan fingerprint density at radius 1 is 1.10 bits per heavy atom. The van der Waals surface area contributed by atoms with Crippen molar-refractivity contribution in [3.8, 4) is 0 Å². The van der Waals surface area contributed by atoms with Crippen LogP contribution in [0.2, 0.25) is 0 Å². The molecule has 0 aliphatic heterocycles. The van der Waals surface area contributed by atoms with Crippen LogP contribution in [0.4, 0.5) is 26.3 Å². The molecule has 0 unspecified atom stereocenters. The van der Waals surface area contributed by atoms with Gasteiger partial charge in [0.25, 0.3) is 0 Å². The number of aliphatic carboxylic acids is 1. The highest BCUT2D eigenvalue weighted by Crippen LogP contribution is 2.37. The van der Waals surface area contributed by atoms with Crippen LogP contribution in [0.15, 0.2) is 18.2 Å². The molecular weight excluding hydrogens is 306 g/mol. The van der Waals surface area contributed by atoms with Gasteiger partial charge in [0.2, 0.25) is 0 Å².